The third kappa shape index (κ3) is 4.47. The van der Waals surface area contributed by atoms with Gasteiger partial charge in [0, 0.05) is 10.8 Å². The Morgan fingerprint density at radius 3 is 1.70 bits per heavy atom. The lowest BCUT2D eigenvalue weighted by molar-refractivity contribution is 0.0723. The molecule has 9 heteroatoms. The molecule has 0 aliphatic heterocycles. The highest BCUT2D eigenvalue weighted by molar-refractivity contribution is 6.05. The SMILES string of the molecule is O=C(Oc1cccc2cc3c(OC(=O)c4ccc(F)c(F)c4F)cccc3cc12)c1ccc(F)c(F)c1. The van der Waals surface area contributed by atoms with Gasteiger partial charge in [0.15, 0.2) is 29.1 Å². The zero-order chi connectivity index (χ0) is 26.3. The Hall–Kier alpha value is -4.79. The van der Waals surface area contributed by atoms with Gasteiger partial charge in [-0.25, -0.2) is 31.5 Å². The average molecular weight is 508 g/mol. The highest BCUT2D eigenvalue weighted by atomic mass is 19.2. The predicted molar refractivity (Wildman–Crippen MR) is 124 cm³/mol. The van der Waals surface area contributed by atoms with Crippen LogP contribution in [-0.4, -0.2) is 11.9 Å². The van der Waals surface area contributed by atoms with Crippen molar-refractivity contribution in [2.45, 2.75) is 0 Å². The number of esters is 2. The first kappa shape index (κ1) is 23.9. The summed E-state index contributed by atoms with van der Waals surface area (Å²) in [6, 6.07) is 16.8. The van der Waals surface area contributed by atoms with Gasteiger partial charge in [-0.1, -0.05) is 24.3 Å². The molecule has 0 heterocycles. The molecule has 0 aromatic heterocycles. The number of hydrogen-bond acceptors (Lipinski definition) is 4. The van der Waals surface area contributed by atoms with Gasteiger partial charge in [0.05, 0.1) is 11.1 Å². The van der Waals surface area contributed by atoms with Crippen LogP contribution in [0.4, 0.5) is 22.0 Å². The Bertz CT molecular complexity index is 1730. The Morgan fingerprint density at radius 1 is 0.541 bits per heavy atom. The van der Waals surface area contributed by atoms with E-state index in [9.17, 15) is 31.5 Å². The molecule has 0 spiro atoms. The number of ether oxygens (including phenoxy) is 2. The maximum atomic E-state index is 14.1. The van der Waals surface area contributed by atoms with Crippen molar-refractivity contribution in [3.8, 4) is 11.5 Å². The summed E-state index contributed by atoms with van der Waals surface area (Å²) in [6.45, 7) is 0. The fourth-order valence-corrected chi connectivity index (χ4v) is 3.79. The van der Waals surface area contributed by atoms with Gasteiger partial charge in [-0.2, -0.15) is 0 Å². The van der Waals surface area contributed by atoms with E-state index >= 15 is 0 Å². The molecular formula is C28H13F5O4. The van der Waals surface area contributed by atoms with Gasteiger partial charge in [0.2, 0.25) is 0 Å². The highest BCUT2D eigenvalue weighted by Crippen LogP contribution is 2.35. The molecule has 0 radical (unpaired) electrons. The van der Waals surface area contributed by atoms with Gasteiger partial charge in [0.25, 0.3) is 0 Å². The molecule has 5 aromatic rings. The van der Waals surface area contributed by atoms with E-state index in [-0.39, 0.29) is 17.1 Å². The van der Waals surface area contributed by atoms with Crippen molar-refractivity contribution in [2.75, 3.05) is 0 Å². The van der Waals surface area contributed by atoms with Gasteiger partial charge in [0.1, 0.15) is 11.5 Å². The third-order valence-electron chi connectivity index (χ3n) is 5.62. The minimum Gasteiger partial charge on any atom is -0.422 e. The van der Waals surface area contributed by atoms with Crippen LogP contribution in [0.2, 0.25) is 0 Å². The van der Waals surface area contributed by atoms with Crippen molar-refractivity contribution in [3.63, 3.8) is 0 Å². The lowest BCUT2D eigenvalue weighted by Gasteiger charge is -2.12. The quantitative estimate of drug-likeness (QED) is 0.0853. The molecule has 0 N–H and O–H groups in total. The van der Waals surface area contributed by atoms with Crippen molar-refractivity contribution in [2.24, 2.45) is 0 Å². The Balaban J connectivity index is 1.50. The van der Waals surface area contributed by atoms with Crippen LogP contribution in [0.5, 0.6) is 11.5 Å². The van der Waals surface area contributed by atoms with Crippen molar-refractivity contribution in [1.29, 1.82) is 0 Å². The zero-order valence-corrected chi connectivity index (χ0v) is 18.5. The van der Waals surface area contributed by atoms with Crippen LogP contribution in [-0.2, 0) is 0 Å². The first-order valence-electron chi connectivity index (χ1n) is 10.7. The maximum Gasteiger partial charge on any atom is 0.346 e. The molecule has 37 heavy (non-hydrogen) atoms. The first-order chi connectivity index (χ1) is 17.7. The van der Waals surface area contributed by atoms with Gasteiger partial charge in [-0.3, -0.25) is 0 Å². The van der Waals surface area contributed by atoms with Crippen molar-refractivity contribution < 1.29 is 41.0 Å². The second-order valence-electron chi connectivity index (χ2n) is 7.94. The molecule has 0 aliphatic carbocycles. The molecule has 0 aliphatic rings. The number of rotatable bonds is 4. The number of benzene rings is 5. The summed E-state index contributed by atoms with van der Waals surface area (Å²) >= 11 is 0. The second-order valence-corrected chi connectivity index (χ2v) is 7.94. The molecule has 0 bridgehead atoms. The first-order valence-corrected chi connectivity index (χ1v) is 10.7. The van der Waals surface area contributed by atoms with Crippen LogP contribution in [0, 0.1) is 29.1 Å². The summed E-state index contributed by atoms with van der Waals surface area (Å²) in [6.07, 6.45) is 0. The normalized spacial score (nSPS) is 11.1. The molecule has 0 saturated carbocycles. The molecule has 0 atom stereocenters. The second kappa shape index (κ2) is 9.34. The van der Waals surface area contributed by atoms with Crippen LogP contribution in [0.3, 0.4) is 0 Å². The molecule has 0 unspecified atom stereocenters. The summed E-state index contributed by atoms with van der Waals surface area (Å²) in [5.74, 6) is -9.14. The largest absolute Gasteiger partial charge is 0.422 e. The zero-order valence-electron chi connectivity index (χ0n) is 18.5. The van der Waals surface area contributed by atoms with Crippen LogP contribution in [0.15, 0.2) is 78.9 Å². The highest BCUT2D eigenvalue weighted by Gasteiger charge is 2.21. The summed E-state index contributed by atoms with van der Waals surface area (Å²) in [5, 5.41) is 2.02. The third-order valence-corrected chi connectivity index (χ3v) is 5.62. The van der Waals surface area contributed by atoms with Crippen molar-refractivity contribution in [1.82, 2.24) is 0 Å². The van der Waals surface area contributed by atoms with Crippen LogP contribution < -0.4 is 9.47 Å². The van der Waals surface area contributed by atoms with E-state index < -0.39 is 46.6 Å². The van der Waals surface area contributed by atoms with Crippen LogP contribution in [0.25, 0.3) is 21.5 Å². The van der Waals surface area contributed by atoms with E-state index in [1.54, 1.807) is 36.4 Å². The fourth-order valence-electron chi connectivity index (χ4n) is 3.79. The van der Waals surface area contributed by atoms with E-state index in [2.05, 4.69) is 0 Å². The Labute approximate surface area is 205 Å². The maximum absolute atomic E-state index is 14.1. The molecule has 0 fully saturated rings. The smallest absolute Gasteiger partial charge is 0.346 e. The molecular weight excluding hydrogens is 495 g/mol. The van der Waals surface area contributed by atoms with E-state index in [0.29, 0.717) is 27.6 Å². The number of fused-ring (bicyclic) bond motifs is 2. The number of hydrogen-bond donors (Lipinski definition) is 0. The molecule has 5 rings (SSSR count). The summed E-state index contributed by atoms with van der Waals surface area (Å²) in [4.78, 5) is 25.0. The minimum atomic E-state index is -1.79. The van der Waals surface area contributed by atoms with E-state index in [0.717, 1.165) is 24.3 Å². The number of carbonyl (C=O) groups excluding carboxylic acids is 2. The molecule has 5 aromatic carbocycles. The Kier molecular flexibility index (Phi) is 6.04. The molecule has 184 valence electrons. The summed E-state index contributed by atoms with van der Waals surface area (Å²) in [5.41, 5.74) is -0.960. The molecule has 0 amide bonds. The number of carbonyl (C=O) groups is 2. The monoisotopic (exact) mass is 508 g/mol. The van der Waals surface area contributed by atoms with E-state index in [1.165, 1.54) is 12.1 Å². The number of halogens is 5. The van der Waals surface area contributed by atoms with Gasteiger partial charge >= 0.3 is 11.9 Å². The summed E-state index contributed by atoms with van der Waals surface area (Å²) in [7, 11) is 0. The van der Waals surface area contributed by atoms with Gasteiger partial charge in [-0.15, -0.1) is 0 Å². The predicted octanol–water partition coefficient (Wildman–Crippen LogP) is 7.13. The Morgan fingerprint density at radius 2 is 1.11 bits per heavy atom. The summed E-state index contributed by atoms with van der Waals surface area (Å²) < 4.78 is 78.3. The molecule has 0 saturated heterocycles. The lowest BCUT2D eigenvalue weighted by Crippen LogP contribution is -2.12. The van der Waals surface area contributed by atoms with Gasteiger partial charge < -0.3 is 9.47 Å². The lowest BCUT2D eigenvalue weighted by atomic mass is 10.0. The topological polar surface area (TPSA) is 52.6 Å². The van der Waals surface area contributed by atoms with Crippen molar-refractivity contribution >= 4 is 33.5 Å². The fraction of sp³-hybridized carbons (Fsp3) is 0. The van der Waals surface area contributed by atoms with Crippen molar-refractivity contribution in [3.05, 3.63) is 119 Å². The van der Waals surface area contributed by atoms with E-state index in [4.69, 9.17) is 9.47 Å². The van der Waals surface area contributed by atoms with Gasteiger partial charge in [-0.05, 0) is 65.4 Å². The molecule has 4 nitrogen and oxygen atoms in total. The average Bonchev–Trinajstić information content (AvgIpc) is 2.88. The van der Waals surface area contributed by atoms with Crippen LogP contribution >= 0.6 is 0 Å². The minimum absolute atomic E-state index is 0.0257. The van der Waals surface area contributed by atoms with Crippen LogP contribution in [0.1, 0.15) is 20.7 Å². The standard InChI is InChI=1S/C28H13F5O4/c29-20-9-7-16(13-22(20)31)27(34)36-23-5-1-3-14-12-19-15(11-18(14)23)4-2-6-24(19)37-28(35)17-8-10-21(30)26(33)25(17)32/h1-13H. The van der Waals surface area contributed by atoms with E-state index in [1.807, 2.05) is 0 Å².